The Kier molecular flexibility index (Phi) is 5.62. The predicted octanol–water partition coefficient (Wildman–Crippen LogP) is 3.62. The van der Waals surface area contributed by atoms with Crippen LogP contribution < -0.4 is 15.0 Å². The molecule has 1 saturated carbocycles. The van der Waals surface area contributed by atoms with E-state index in [4.69, 9.17) is 9.47 Å². The van der Waals surface area contributed by atoms with Crippen LogP contribution in [0.2, 0.25) is 0 Å². The SMILES string of the molecule is Cc1ncn2ccnc(NC3CCC(Oc4cc(N5CCOCC5)cc5nccnc45)CC3)c12. The molecule has 9 heteroatoms. The minimum absolute atomic E-state index is 0.156. The van der Waals surface area contributed by atoms with Crippen LogP contribution in [-0.4, -0.2) is 62.8 Å². The molecule has 0 unspecified atom stereocenters. The number of anilines is 2. The second-order valence-electron chi connectivity index (χ2n) is 9.06. The van der Waals surface area contributed by atoms with E-state index in [-0.39, 0.29) is 6.10 Å². The normalized spacial score (nSPS) is 21.1. The highest BCUT2D eigenvalue weighted by molar-refractivity contribution is 5.85. The van der Waals surface area contributed by atoms with Crippen LogP contribution in [0.1, 0.15) is 31.4 Å². The van der Waals surface area contributed by atoms with Crippen LogP contribution in [0.15, 0.2) is 43.2 Å². The van der Waals surface area contributed by atoms with Gasteiger partial charge >= 0.3 is 0 Å². The van der Waals surface area contributed by atoms with E-state index < -0.39 is 0 Å². The molecule has 1 aromatic carbocycles. The van der Waals surface area contributed by atoms with Gasteiger partial charge in [-0.05, 0) is 38.7 Å². The molecular formula is C25H29N7O2. The number of fused-ring (bicyclic) bond motifs is 2. The summed E-state index contributed by atoms with van der Waals surface area (Å²) in [5.41, 5.74) is 4.85. The Morgan fingerprint density at radius 1 is 0.971 bits per heavy atom. The summed E-state index contributed by atoms with van der Waals surface area (Å²) in [5.74, 6) is 1.73. The Morgan fingerprint density at radius 3 is 2.65 bits per heavy atom. The number of benzene rings is 1. The maximum Gasteiger partial charge on any atom is 0.152 e. The first kappa shape index (κ1) is 21.1. The second kappa shape index (κ2) is 9.06. The summed E-state index contributed by atoms with van der Waals surface area (Å²) in [5, 5.41) is 3.65. The van der Waals surface area contributed by atoms with Crippen molar-refractivity contribution in [3.05, 3.63) is 48.9 Å². The van der Waals surface area contributed by atoms with Crippen molar-refractivity contribution in [1.82, 2.24) is 24.3 Å². The molecule has 176 valence electrons. The van der Waals surface area contributed by atoms with Gasteiger partial charge in [0.2, 0.25) is 0 Å². The number of rotatable bonds is 5. The van der Waals surface area contributed by atoms with Crippen LogP contribution in [-0.2, 0) is 4.74 Å². The molecule has 1 N–H and O–H groups in total. The minimum Gasteiger partial charge on any atom is -0.488 e. The van der Waals surface area contributed by atoms with E-state index >= 15 is 0 Å². The van der Waals surface area contributed by atoms with Crippen molar-refractivity contribution in [3.8, 4) is 5.75 Å². The first-order valence-electron chi connectivity index (χ1n) is 12.0. The van der Waals surface area contributed by atoms with Crippen molar-refractivity contribution in [2.75, 3.05) is 36.5 Å². The summed E-state index contributed by atoms with van der Waals surface area (Å²) < 4.78 is 14.1. The maximum atomic E-state index is 6.56. The molecule has 9 nitrogen and oxygen atoms in total. The molecule has 1 aliphatic heterocycles. The quantitative estimate of drug-likeness (QED) is 0.484. The molecule has 4 heterocycles. The fourth-order valence-electron chi connectivity index (χ4n) is 5.03. The van der Waals surface area contributed by atoms with Gasteiger partial charge in [0.1, 0.15) is 16.8 Å². The lowest BCUT2D eigenvalue weighted by molar-refractivity contribution is 0.122. The summed E-state index contributed by atoms with van der Waals surface area (Å²) in [6.45, 7) is 5.25. The molecule has 0 atom stereocenters. The van der Waals surface area contributed by atoms with Gasteiger partial charge in [-0.15, -0.1) is 0 Å². The molecule has 0 radical (unpaired) electrons. The number of morpholine rings is 1. The average molecular weight is 460 g/mol. The molecule has 2 aliphatic rings. The van der Waals surface area contributed by atoms with Gasteiger partial charge in [-0.1, -0.05) is 0 Å². The van der Waals surface area contributed by atoms with Crippen molar-refractivity contribution >= 4 is 28.1 Å². The number of nitrogens with zero attached hydrogens (tertiary/aromatic N) is 6. The smallest absolute Gasteiger partial charge is 0.152 e. The molecule has 3 aromatic heterocycles. The van der Waals surface area contributed by atoms with Crippen molar-refractivity contribution in [1.29, 1.82) is 0 Å². The van der Waals surface area contributed by atoms with Crippen LogP contribution in [0.5, 0.6) is 5.75 Å². The Balaban J connectivity index is 1.16. The summed E-state index contributed by atoms with van der Waals surface area (Å²) in [6, 6.07) is 4.59. The van der Waals surface area contributed by atoms with Gasteiger partial charge in [-0.25, -0.2) is 15.0 Å². The zero-order valence-corrected chi connectivity index (χ0v) is 19.4. The molecule has 1 aliphatic carbocycles. The van der Waals surface area contributed by atoms with Crippen LogP contribution >= 0.6 is 0 Å². The number of imidazole rings is 1. The van der Waals surface area contributed by atoms with Gasteiger partial charge in [-0.3, -0.25) is 4.98 Å². The molecule has 0 spiro atoms. The number of hydrogen-bond donors (Lipinski definition) is 1. The zero-order chi connectivity index (χ0) is 22.9. The molecule has 4 aromatic rings. The lowest BCUT2D eigenvalue weighted by Crippen LogP contribution is -2.36. The maximum absolute atomic E-state index is 6.56. The molecular weight excluding hydrogens is 430 g/mol. The van der Waals surface area contributed by atoms with Crippen molar-refractivity contribution in [2.45, 2.75) is 44.8 Å². The molecule has 34 heavy (non-hydrogen) atoms. The Bertz CT molecular complexity index is 1290. The van der Waals surface area contributed by atoms with Crippen LogP contribution in [0.25, 0.3) is 16.6 Å². The number of nitrogens with one attached hydrogen (secondary N) is 1. The Hall–Kier alpha value is -3.46. The highest BCUT2D eigenvalue weighted by Gasteiger charge is 2.25. The third-order valence-electron chi connectivity index (χ3n) is 6.84. The van der Waals surface area contributed by atoms with Gasteiger partial charge in [0, 0.05) is 55.7 Å². The molecule has 0 amide bonds. The third-order valence-corrected chi connectivity index (χ3v) is 6.84. The van der Waals surface area contributed by atoms with Crippen LogP contribution in [0.3, 0.4) is 0 Å². The third kappa shape index (κ3) is 4.11. The monoisotopic (exact) mass is 459 g/mol. The molecule has 0 bridgehead atoms. The highest BCUT2D eigenvalue weighted by Crippen LogP contribution is 2.33. The van der Waals surface area contributed by atoms with E-state index in [0.29, 0.717) is 6.04 Å². The summed E-state index contributed by atoms with van der Waals surface area (Å²) >= 11 is 0. The van der Waals surface area contributed by atoms with Gasteiger partial charge in [-0.2, -0.15) is 0 Å². The topological polar surface area (TPSA) is 89.7 Å². The second-order valence-corrected chi connectivity index (χ2v) is 9.06. The lowest BCUT2D eigenvalue weighted by Gasteiger charge is -2.31. The summed E-state index contributed by atoms with van der Waals surface area (Å²) in [7, 11) is 0. The molecule has 2 fully saturated rings. The number of aryl methyl sites for hydroxylation is 1. The molecule has 1 saturated heterocycles. The van der Waals surface area contributed by atoms with Crippen molar-refractivity contribution in [2.24, 2.45) is 0 Å². The largest absolute Gasteiger partial charge is 0.488 e. The van der Waals surface area contributed by atoms with Crippen LogP contribution in [0, 0.1) is 6.92 Å². The summed E-state index contributed by atoms with van der Waals surface area (Å²) in [6.07, 6.45) is 13.2. The van der Waals surface area contributed by atoms with Gasteiger partial charge in [0.15, 0.2) is 5.82 Å². The van der Waals surface area contributed by atoms with E-state index in [1.807, 2.05) is 30.0 Å². The van der Waals surface area contributed by atoms with Gasteiger partial charge < -0.3 is 24.1 Å². The van der Waals surface area contributed by atoms with E-state index in [2.05, 4.69) is 42.3 Å². The average Bonchev–Trinajstić information content (AvgIpc) is 3.27. The molecule has 6 rings (SSSR count). The van der Waals surface area contributed by atoms with Crippen molar-refractivity contribution < 1.29 is 9.47 Å². The lowest BCUT2D eigenvalue weighted by atomic mass is 9.93. The Morgan fingerprint density at radius 2 is 1.79 bits per heavy atom. The van der Waals surface area contributed by atoms with E-state index in [9.17, 15) is 0 Å². The predicted molar refractivity (Wildman–Crippen MR) is 131 cm³/mol. The van der Waals surface area contributed by atoms with Gasteiger partial charge in [0.25, 0.3) is 0 Å². The zero-order valence-electron chi connectivity index (χ0n) is 19.4. The summed E-state index contributed by atoms with van der Waals surface area (Å²) in [4.78, 5) is 20.5. The van der Waals surface area contributed by atoms with Gasteiger partial charge in [0.05, 0.1) is 36.9 Å². The van der Waals surface area contributed by atoms with Crippen molar-refractivity contribution in [3.63, 3.8) is 0 Å². The highest BCUT2D eigenvalue weighted by atomic mass is 16.5. The van der Waals surface area contributed by atoms with E-state index in [1.54, 1.807) is 12.4 Å². The minimum atomic E-state index is 0.156. The standard InChI is InChI=1S/C25H29N7O2/c1-17-24-25(28-8-9-32(24)16-29-17)30-18-2-4-20(5-3-18)34-22-15-19(31-10-12-33-13-11-31)14-21-23(22)27-7-6-26-21/h6-9,14-16,18,20H,2-5,10-13H2,1H3,(H,28,30). The van der Waals surface area contributed by atoms with Crippen LogP contribution in [0.4, 0.5) is 11.5 Å². The number of aromatic nitrogens is 5. The first-order valence-corrected chi connectivity index (χ1v) is 12.0. The number of ether oxygens (including phenoxy) is 2. The fourth-order valence-corrected chi connectivity index (χ4v) is 5.03. The van der Waals surface area contributed by atoms with E-state index in [1.165, 1.54) is 0 Å². The van der Waals surface area contributed by atoms with E-state index in [0.717, 1.165) is 91.5 Å². The number of hydrogen-bond acceptors (Lipinski definition) is 8. The fraction of sp³-hybridized carbons (Fsp3) is 0.440. The Labute approximate surface area is 198 Å². The first-order chi connectivity index (χ1) is 16.7.